The molecule has 0 aliphatic carbocycles. The van der Waals surface area contributed by atoms with Gasteiger partial charge in [-0.3, -0.25) is 0 Å². The van der Waals surface area contributed by atoms with E-state index in [1.54, 1.807) is 66.7 Å². The molecule has 0 unspecified atom stereocenters. The molecule has 0 spiro atoms. The Morgan fingerprint density at radius 2 is 1.04 bits per heavy atom. The zero-order valence-corrected chi connectivity index (χ0v) is 33.7. The molecule has 2 aromatic heterocycles. The second kappa shape index (κ2) is 18.4. The van der Waals surface area contributed by atoms with Crippen molar-refractivity contribution in [3.63, 3.8) is 0 Å². The van der Waals surface area contributed by atoms with Gasteiger partial charge in [-0.1, -0.05) is 82.3 Å². The first-order valence-electron chi connectivity index (χ1n) is 17.5. The Bertz CT molecular complexity index is 2360. The van der Waals surface area contributed by atoms with E-state index in [1.807, 2.05) is 50.6 Å². The summed E-state index contributed by atoms with van der Waals surface area (Å²) in [6, 6.07) is 26.7. The molecular formula is C40H42F2N4O4S4. The van der Waals surface area contributed by atoms with E-state index in [-0.39, 0.29) is 21.4 Å². The largest absolute Gasteiger partial charge is 0.243 e. The topological polar surface area (TPSA) is 101 Å². The maximum absolute atomic E-state index is 13.8. The van der Waals surface area contributed by atoms with Gasteiger partial charge in [0.2, 0.25) is 20.0 Å². The molecule has 0 atom stereocenters. The molecule has 0 bridgehead atoms. The van der Waals surface area contributed by atoms with E-state index in [2.05, 4.69) is 9.97 Å². The molecule has 14 heteroatoms. The van der Waals surface area contributed by atoms with Gasteiger partial charge in [0.1, 0.15) is 11.6 Å². The van der Waals surface area contributed by atoms with Gasteiger partial charge in [0.15, 0.2) is 0 Å². The highest BCUT2D eigenvalue weighted by Crippen LogP contribution is 2.28. The fourth-order valence-corrected chi connectivity index (χ4v) is 10.3. The Morgan fingerprint density at radius 1 is 0.574 bits per heavy atom. The van der Waals surface area contributed by atoms with Crippen LogP contribution in [0, 0.1) is 11.6 Å². The molecule has 0 aliphatic rings. The lowest BCUT2D eigenvalue weighted by molar-refractivity contribution is 0.444. The van der Waals surface area contributed by atoms with Crippen LogP contribution in [0.15, 0.2) is 118 Å². The van der Waals surface area contributed by atoms with Crippen molar-refractivity contribution < 1.29 is 25.6 Å². The van der Waals surface area contributed by atoms with Gasteiger partial charge in [0.05, 0.1) is 31.2 Å². The van der Waals surface area contributed by atoms with Crippen LogP contribution in [0.5, 0.6) is 0 Å². The van der Waals surface area contributed by atoms with E-state index in [1.165, 1.54) is 49.5 Å². The maximum atomic E-state index is 13.8. The van der Waals surface area contributed by atoms with Crippen molar-refractivity contribution in [3.8, 4) is 22.5 Å². The summed E-state index contributed by atoms with van der Waals surface area (Å²) >= 11 is 2.97. The molecule has 0 amide bonds. The lowest BCUT2D eigenvalue weighted by atomic mass is 10.1. The Hall–Kier alpha value is -4.18. The molecule has 6 rings (SSSR count). The number of hydrogen-bond donors (Lipinski definition) is 0. The van der Waals surface area contributed by atoms with Crippen molar-refractivity contribution in [1.82, 2.24) is 18.6 Å². The highest BCUT2D eigenvalue weighted by atomic mass is 32.2. The molecule has 8 nitrogen and oxygen atoms in total. The minimum Gasteiger partial charge on any atom is -0.241 e. The summed E-state index contributed by atoms with van der Waals surface area (Å²) in [5.41, 5.74) is 4.73. The second-order valence-electron chi connectivity index (χ2n) is 12.1. The van der Waals surface area contributed by atoms with Gasteiger partial charge in [-0.05, 0) is 53.6 Å². The SMILES string of the molecule is CCN(CC)S(=O)(=O)c1ccc(-c2csc(Cc3cccc(F)c3)n2)cc1.CCN(CC)S(=O)(=O)c1ccc(-c2csc(Cc3ccccc3F)n2)cc1. The Morgan fingerprint density at radius 3 is 1.48 bits per heavy atom. The number of thiazole rings is 2. The molecular weight excluding hydrogens is 767 g/mol. The van der Waals surface area contributed by atoms with E-state index in [0.717, 1.165) is 38.1 Å². The van der Waals surface area contributed by atoms with Gasteiger partial charge in [0, 0.05) is 60.9 Å². The van der Waals surface area contributed by atoms with E-state index in [4.69, 9.17) is 0 Å². The fourth-order valence-electron chi connectivity index (χ4n) is 5.70. The first-order valence-corrected chi connectivity index (χ1v) is 22.1. The van der Waals surface area contributed by atoms with E-state index < -0.39 is 20.0 Å². The molecule has 284 valence electrons. The quantitative estimate of drug-likeness (QED) is 0.109. The molecule has 6 aromatic rings. The standard InChI is InChI=1S/2C20H21FN2O2S2/c1-3-23(4-2)27(24,25)18-10-8-16(9-11-18)19-14-26-20(22-19)13-15-6-5-7-17(21)12-15;1-3-23(4-2)27(24,25)17-11-9-15(10-12-17)19-14-26-20(22-19)13-16-7-5-6-8-18(16)21/h2*5-12,14H,3-4,13H2,1-2H3. The summed E-state index contributed by atoms with van der Waals surface area (Å²) in [7, 11) is -6.93. The zero-order valence-electron chi connectivity index (χ0n) is 30.4. The first-order chi connectivity index (χ1) is 25.9. The normalized spacial score (nSPS) is 11.9. The van der Waals surface area contributed by atoms with Crippen molar-refractivity contribution in [3.05, 3.63) is 141 Å². The van der Waals surface area contributed by atoms with Gasteiger partial charge in [-0.15, -0.1) is 22.7 Å². The Labute approximate surface area is 324 Å². The average molecular weight is 809 g/mol. The van der Waals surface area contributed by atoms with Gasteiger partial charge >= 0.3 is 0 Å². The van der Waals surface area contributed by atoms with Gasteiger partial charge < -0.3 is 0 Å². The van der Waals surface area contributed by atoms with Crippen molar-refractivity contribution in [2.24, 2.45) is 0 Å². The predicted molar refractivity (Wildman–Crippen MR) is 214 cm³/mol. The third-order valence-corrected chi connectivity index (χ3v) is 14.5. The minimum atomic E-state index is -3.47. The smallest absolute Gasteiger partial charge is 0.241 e. The van der Waals surface area contributed by atoms with Crippen molar-refractivity contribution in [2.75, 3.05) is 26.2 Å². The molecule has 0 saturated heterocycles. The molecule has 54 heavy (non-hydrogen) atoms. The summed E-state index contributed by atoms with van der Waals surface area (Å²) in [5, 5.41) is 5.54. The van der Waals surface area contributed by atoms with Crippen LogP contribution in [0.2, 0.25) is 0 Å². The lowest BCUT2D eigenvalue weighted by Gasteiger charge is -2.18. The van der Waals surface area contributed by atoms with Crippen LogP contribution < -0.4 is 0 Å². The number of halogens is 2. The van der Waals surface area contributed by atoms with Gasteiger partial charge in [-0.25, -0.2) is 35.6 Å². The maximum Gasteiger partial charge on any atom is 0.243 e. The van der Waals surface area contributed by atoms with Crippen molar-refractivity contribution in [2.45, 2.75) is 50.3 Å². The number of nitrogens with zero attached hydrogens (tertiary/aromatic N) is 4. The van der Waals surface area contributed by atoms with E-state index >= 15 is 0 Å². The third kappa shape index (κ3) is 9.92. The number of benzene rings is 4. The van der Waals surface area contributed by atoms with Gasteiger partial charge in [0.25, 0.3) is 0 Å². The fraction of sp³-hybridized carbons (Fsp3) is 0.250. The molecule has 0 radical (unpaired) electrons. The van der Waals surface area contributed by atoms with E-state index in [9.17, 15) is 25.6 Å². The summed E-state index contributed by atoms with van der Waals surface area (Å²) in [6.45, 7) is 9.05. The zero-order chi connectivity index (χ0) is 38.9. The number of rotatable bonds is 14. The van der Waals surface area contributed by atoms with Crippen LogP contribution in [-0.2, 0) is 32.9 Å². The molecule has 4 aromatic carbocycles. The number of hydrogen-bond acceptors (Lipinski definition) is 8. The average Bonchev–Trinajstić information content (AvgIpc) is 3.84. The summed E-state index contributed by atoms with van der Waals surface area (Å²) in [5.74, 6) is -0.491. The molecule has 2 heterocycles. The lowest BCUT2D eigenvalue weighted by Crippen LogP contribution is -2.30. The van der Waals surface area contributed by atoms with Crippen LogP contribution in [0.4, 0.5) is 8.78 Å². The van der Waals surface area contributed by atoms with Crippen LogP contribution in [0.25, 0.3) is 22.5 Å². The second-order valence-corrected chi connectivity index (χ2v) is 17.8. The molecule has 0 N–H and O–H groups in total. The highest BCUT2D eigenvalue weighted by molar-refractivity contribution is 7.89. The van der Waals surface area contributed by atoms with Crippen LogP contribution in [-0.4, -0.2) is 61.6 Å². The van der Waals surface area contributed by atoms with Crippen molar-refractivity contribution in [1.29, 1.82) is 0 Å². The third-order valence-electron chi connectivity index (χ3n) is 8.63. The molecule has 0 fully saturated rings. The number of sulfonamides is 2. The minimum absolute atomic E-state index is 0.236. The molecule has 0 saturated carbocycles. The van der Waals surface area contributed by atoms with Gasteiger partial charge in [-0.2, -0.15) is 8.61 Å². The van der Waals surface area contributed by atoms with E-state index in [0.29, 0.717) is 44.6 Å². The van der Waals surface area contributed by atoms with Crippen molar-refractivity contribution >= 4 is 42.7 Å². The first kappa shape index (κ1) is 41.0. The Balaban J connectivity index is 0.000000208. The summed E-state index contributed by atoms with van der Waals surface area (Å²) in [4.78, 5) is 9.73. The van der Waals surface area contributed by atoms with Crippen LogP contribution in [0.3, 0.4) is 0 Å². The molecule has 0 aliphatic heterocycles. The van der Waals surface area contributed by atoms with Crippen LogP contribution in [0.1, 0.15) is 48.8 Å². The Kier molecular flexibility index (Phi) is 14.0. The highest BCUT2D eigenvalue weighted by Gasteiger charge is 2.22. The van der Waals surface area contributed by atoms with Crippen LogP contribution >= 0.6 is 22.7 Å². The summed E-state index contributed by atoms with van der Waals surface area (Å²) in [6.07, 6.45) is 1.00. The summed E-state index contributed by atoms with van der Waals surface area (Å²) < 4.78 is 80.2. The predicted octanol–water partition coefficient (Wildman–Crippen LogP) is 9.14. The monoisotopic (exact) mass is 808 g/mol. The number of aromatic nitrogens is 2.